The first-order valence-electron chi connectivity index (χ1n) is 9.68. The van der Waals surface area contributed by atoms with Crippen LogP contribution in [0, 0.1) is 6.92 Å². The van der Waals surface area contributed by atoms with E-state index in [9.17, 15) is 0 Å². The van der Waals surface area contributed by atoms with Crippen molar-refractivity contribution in [3.05, 3.63) is 30.0 Å². The van der Waals surface area contributed by atoms with E-state index in [1.165, 1.54) is 57.1 Å². The lowest BCUT2D eigenvalue weighted by molar-refractivity contribution is 0.337. The van der Waals surface area contributed by atoms with E-state index in [1.54, 1.807) is 7.11 Å². The standard InChI is InChI=1S/C21H31N3O.ClH/c1-16-10-13-24-21-19(16)14-18(25-2)15-20(21)23-12-6-4-3-5-11-22-17-8-7-9-17;/h10,13-15,17,22-23H,3-9,11-12H2,1-2H3;1H. The first-order valence-corrected chi connectivity index (χ1v) is 9.68. The fraction of sp³-hybridized carbons (Fsp3) is 0.571. The summed E-state index contributed by atoms with van der Waals surface area (Å²) in [5, 5.41) is 8.35. The predicted octanol–water partition coefficient (Wildman–Crippen LogP) is 5.09. The van der Waals surface area contributed by atoms with E-state index in [0.29, 0.717) is 0 Å². The zero-order chi connectivity index (χ0) is 17.5. The molecular weight excluding hydrogens is 346 g/mol. The van der Waals surface area contributed by atoms with E-state index in [0.717, 1.165) is 34.9 Å². The average Bonchev–Trinajstić information content (AvgIpc) is 2.59. The number of fused-ring (bicyclic) bond motifs is 1. The fourth-order valence-corrected chi connectivity index (χ4v) is 3.36. The number of ether oxygens (including phenoxy) is 1. The molecule has 0 saturated heterocycles. The van der Waals surface area contributed by atoms with Crippen LogP contribution < -0.4 is 15.4 Å². The molecule has 1 aromatic heterocycles. The van der Waals surface area contributed by atoms with Crippen LogP contribution in [0.25, 0.3) is 10.9 Å². The summed E-state index contributed by atoms with van der Waals surface area (Å²) in [7, 11) is 1.72. The lowest BCUT2D eigenvalue weighted by Crippen LogP contribution is -2.35. The highest BCUT2D eigenvalue weighted by Crippen LogP contribution is 2.29. The Morgan fingerprint density at radius 2 is 1.88 bits per heavy atom. The molecule has 1 saturated carbocycles. The van der Waals surface area contributed by atoms with Gasteiger partial charge in [0.1, 0.15) is 5.75 Å². The Balaban J connectivity index is 0.00000243. The third kappa shape index (κ3) is 5.49. The van der Waals surface area contributed by atoms with Crippen molar-refractivity contribution < 1.29 is 4.74 Å². The van der Waals surface area contributed by atoms with Gasteiger partial charge < -0.3 is 15.4 Å². The van der Waals surface area contributed by atoms with Crippen LogP contribution in [0.2, 0.25) is 0 Å². The minimum Gasteiger partial charge on any atom is -0.497 e. The number of halogens is 1. The Hall–Kier alpha value is -1.52. The van der Waals surface area contributed by atoms with Crippen molar-refractivity contribution in [2.45, 2.75) is 57.9 Å². The number of unbranched alkanes of at least 4 members (excludes halogenated alkanes) is 3. The summed E-state index contributed by atoms with van der Waals surface area (Å²) in [5.74, 6) is 0.883. The van der Waals surface area contributed by atoms with Gasteiger partial charge in [0.05, 0.1) is 18.3 Å². The van der Waals surface area contributed by atoms with Gasteiger partial charge in [-0.15, -0.1) is 12.4 Å². The number of hydrogen-bond donors (Lipinski definition) is 2. The van der Waals surface area contributed by atoms with Crippen molar-refractivity contribution in [3.63, 3.8) is 0 Å². The monoisotopic (exact) mass is 377 g/mol. The molecule has 0 bridgehead atoms. The summed E-state index contributed by atoms with van der Waals surface area (Å²) in [6.07, 6.45) is 11.1. The van der Waals surface area contributed by atoms with Crippen LogP contribution in [-0.2, 0) is 0 Å². The number of methoxy groups -OCH3 is 1. The summed E-state index contributed by atoms with van der Waals surface area (Å²) in [6, 6.07) is 6.98. The topological polar surface area (TPSA) is 46.2 Å². The van der Waals surface area contributed by atoms with Gasteiger partial charge in [0.15, 0.2) is 0 Å². The molecule has 2 N–H and O–H groups in total. The van der Waals surface area contributed by atoms with Gasteiger partial charge in [0.2, 0.25) is 0 Å². The number of pyridine rings is 1. The molecule has 1 heterocycles. The van der Waals surface area contributed by atoms with Gasteiger partial charge in [0, 0.05) is 30.2 Å². The van der Waals surface area contributed by atoms with Gasteiger partial charge in [-0.1, -0.05) is 19.3 Å². The van der Waals surface area contributed by atoms with E-state index >= 15 is 0 Å². The number of anilines is 1. The number of aromatic nitrogens is 1. The van der Waals surface area contributed by atoms with Gasteiger partial charge in [-0.2, -0.15) is 0 Å². The maximum atomic E-state index is 5.45. The normalized spacial score (nSPS) is 13.9. The number of hydrogen-bond acceptors (Lipinski definition) is 4. The minimum atomic E-state index is 0. The fourth-order valence-electron chi connectivity index (χ4n) is 3.36. The van der Waals surface area contributed by atoms with Crippen molar-refractivity contribution in [1.29, 1.82) is 0 Å². The molecule has 2 aromatic rings. The highest BCUT2D eigenvalue weighted by molar-refractivity contribution is 5.93. The van der Waals surface area contributed by atoms with Crippen LogP contribution in [0.3, 0.4) is 0 Å². The zero-order valence-corrected chi connectivity index (χ0v) is 16.8. The Morgan fingerprint density at radius 1 is 1.12 bits per heavy atom. The van der Waals surface area contributed by atoms with Gasteiger partial charge in [-0.25, -0.2) is 0 Å². The van der Waals surface area contributed by atoms with Crippen LogP contribution in [0.15, 0.2) is 24.4 Å². The third-order valence-corrected chi connectivity index (χ3v) is 5.23. The van der Waals surface area contributed by atoms with Gasteiger partial charge >= 0.3 is 0 Å². The number of benzene rings is 1. The second kappa shape index (κ2) is 10.6. The largest absolute Gasteiger partial charge is 0.497 e. The SMILES string of the molecule is COc1cc(NCCCCCCNC2CCC2)c2nccc(C)c2c1.Cl. The number of rotatable bonds is 10. The first kappa shape index (κ1) is 20.8. The highest BCUT2D eigenvalue weighted by Gasteiger charge is 2.15. The van der Waals surface area contributed by atoms with Crippen LogP contribution in [0.5, 0.6) is 5.75 Å². The van der Waals surface area contributed by atoms with E-state index in [-0.39, 0.29) is 12.4 Å². The number of aryl methyl sites for hydroxylation is 1. The van der Waals surface area contributed by atoms with Crippen LogP contribution in [0.1, 0.15) is 50.5 Å². The molecule has 1 aliphatic rings. The van der Waals surface area contributed by atoms with Crippen LogP contribution >= 0.6 is 12.4 Å². The number of nitrogens with zero attached hydrogens (tertiary/aromatic N) is 1. The van der Waals surface area contributed by atoms with Crippen LogP contribution in [-0.4, -0.2) is 31.2 Å². The molecule has 0 radical (unpaired) electrons. The van der Waals surface area contributed by atoms with E-state index < -0.39 is 0 Å². The van der Waals surface area contributed by atoms with Gasteiger partial charge in [-0.3, -0.25) is 4.98 Å². The second-order valence-corrected chi connectivity index (χ2v) is 7.12. The lowest BCUT2D eigenvalue weighted by atomic mass is 9.93. The second-order valence-electron chi connectivity index (χ2n) is 7.12. The zero-order valence-electron chi connectivity index (χ0n) is 16.0. The van der Waals surface area contributed by atoms with E-state index in [1.807, 2.05) is 12.3 Å². The van der Waals surface area contributed by atoms with Gasteiger partial charge in [-0.05, 0) is 56.8 Å². The molecule has 5 heteroatoms. The molecule has 0 unspecified atom stereocenters. The van der Waals surface area contributed by atoms with Crippen LogP contribution in [0.4, 0.5) is 5.69 Å². The lowest BCUT2D eigenvalue weighted by Gasteiger charge is -2.26. The molecular formula is C21H32ClN3O. The molecule has 4 nitrogen and oxygen atoms in total. The molecule has 0 atom stereocenters. The molecule has 0 amide bonds. The number of nitrogens with one attached hydrogen (secondary N) is 2. The summed E-state index contributed by atoms with van der Waals surface area (Å²) in [5.41, 5.74) is 3.33. The Kier molecular flexibility index (Phi) is 8.46. The van der Waals surface area contributed by atoms with Crippen molar-refractivity contribution in [3.8, 4) is 5.75 Å². The smallest absolute Gasteiger partial charge is 0.121 e. The highest BCUT2D eigenvalue weighted by atomic mass is 35.5. The quantitative estimate of drug-likeness (QED) is 0.566. The molecule has 3 rings (SSSR count). The molecule has 0 aliphatic heterocycles. The van der Waals surface area contributed by atoms with Crippen molar-refractivity contribution >= 4 is 29.0 Å². The summed E-state index contributed by atoms with van der Waals surface area (Å²) >= 11 is 0. The van der Waals surface area contributed by atoms with Crippen molar-refractivity contribution in [1.82, 2.24) is 10.3 Å². The molecule has 0 spiro atoms. The van der Waals surface area contributed by atoms with Crippen molar-refractivity contribution in [2.24, 2.45) is 0 Å². The first-order chi connectivity index (χ1) is 12.3. The Labute approximate surface area is 163 Å². The maximum absolute atomic E-state index is 5.45. The minimum absolute atomic E-state index is 0. The predicted molar refractivity (Wildman–Crippen MR) is 113 cm³/mol. The maximum Gasteiger partial charge on any atom is 0.121 e. The third-order valence-electron chi connectivity index (χ3n) is 5.23. The summed E-state index contributed by atoms with van der Waals surface area (Å²) in [6.45, 7) is 4.28. The van der Waals surface area contributed by atoms with E-state index in [4.69, 9.17) is 4.74 Å². The molecule has 144 valence electrons. The summed E-state index contributed by atoms with van der Waals surface area (Å²) < 4.78 is 5.45. The molecule has 26 heavy (non-hydrogen) atoms. The molecule has 1 fully saturated rings. The van der Waals surface area contributed by atoms with Gasteiger partial charge in [0.25, 0.3) is 0 Å². The molecule has 1 aliphatic carbocycles. The average molecular weight is 378 g/mol. The Bertz CT molecular complexity index is 688. The Morgan fingerprint density at radius 3 is 2.58 bits per heavy atom. The van der Waals surface area contributed by atoms with Crippen molar-refractivity contribution in [2.75, 3.05) is 25.5 Å². The summed E-state index contributed by atoms with van der Waals surface area (Å²) in [4.78, 5) is 4.56. The molecule has 1 aromatic carbocycles. The van der Waals surface area contributed by atoms with E-state index in [2.05, 4.69) is 34.7 Å².